The van der Waals surface area contributed by atoms with Crippen molar-refractivity contribution < 1.29 is 9.53 Å². The highest BCUT2D eigenvalue weighted by Gasteiger charge is 2.36. The van der Waals surface area contributed by atoms with Gasteiger partial charge in [-0.1, -0.05) is 87.9 Å². The quantitative estimate of drug-likeness (QED) is 0.258. The average molecular weight is 513 g/mol. The fraction of sp³-hybridized carbons (Fsp3) is 0.600. The van der Waals surface area contributed by atoms with E-state index in [2.05, 4.69) is 17.2 Å². The Bertz CT molecular complexity index is 840. The fourth-order valence-corrected chi connectivity index (χ4v) is 5.53. The predicted octanol–water partition coefficient (Wildman–Crippen LogP) is 7.85. The van der Waals surface area contributed by atoms with E-state index < -0.39 is 0 Å². The molecule has 0 unspecified atom stereocenters. The molecule has 33 heavy (non-hydrogen) atoms. The normalized spacial score (nSPS) is 15.5. The van der Waals surface area contributed by atoms with E-state index in [0.717, 1.165) is 37.5 Å². The molecule has 0 aromatic heterocycles. The molecule has 1 aromatic carbocycles. The van der Waals surface area contributed by atoms with Crippen LogP contribution in [-0.2, 0) is 9.53 Å². The molecule has 2 aliphatic rings. The number of thioether (sulfide) groups is 1. The first-order valence-electron chi connectivity index (χ1n) is 12.2. The van der Waals surface area contributed by atoms with Gasteiger partial charge in [-0.3, -0.25) is 14.7 Å². The number of nitrogens with zero attached hydrogens (tertiary/aromatic N) is 2. The molecule has 0 saturated carbocycles. The Morgan fingerprint density at radius 3 is 2.33 bits per heavy atom. The standard InChI is InChI=1S/C25H35Cl2N3O2S/c1-2-3-4-5-6-7-8-9-10-11-15-32-24-22(33-25-28-13-12-14-30(24)25)23(31)29-21-17-19(26)16-20(27)18-21/h16-18H,2-15H2,1H3,(H,29,31). The van der Waals surface area contributed by atoms with Gasteiger partial charge in [0.05, 0.1) is 6.61 Å². The number of hydrogen-bond acceptors (Lipinski definition) is 5. The second-order valence-corrected chi connectivity index (χ2v) is 10.4. The minimum absolute atomic E-state index is 0.228. The Morgan fingerprint density at radius 2 is 1.67 bits per heavy atom. The molecule has 1 amide bonds. The number of amides is 1. The zero-order chi connectivity index (χ0) is 23.5. The number of carbonyl (C=O) groups is 1. The molecule has 2 heterocycles. The van der Waals surface area contributed by atoms with Crippen molar-refractivity contribution in [2.75, 3.05) is 25.0 Å². The second-order valence-electron chi connectivity index (χ2n) is 8.55. The number of ether oxygens (including phenoxy) is 1. The Hall–Kier alpha value is -1.37. The number of carbonyl (C=O) groups excluding carboxylic acids is 1. The largest absolute Gasteiger partial charge is 0.478 e. The molecule has 0 atom stereocenters. The lowest BCUT2D eigenvalue weighted by Crippen LogP contribution is -2.31. The molecule has 0 fully saturated rings. The molecule has 0 bridgehead atoms. The summed E-state index contributed by atoms with van der Waals surface area (Å²) in [6.07, 6.45) is 13.7. The van der Waals surface area contributed by atoms with Crippen LogP contribution in [0.3, 0.4) is 0 Å². The number of benzene rings is 1. The predicted molar refractivity (Wildman–Crippen MR) is 141 cm³/mol. The van der Waals surface area contributed by atoms with E-state index in [1.807, 2.05) is 4.90 Å². The molecule has 2 aliphatic heterocycles. The van der Waals surface area contributed by atoms with Crippen molar-refractivity contribution in [2.24, 2.45) is 4.99 Å². The first kappa shape index (κ1) is 26.2. The van der Waals surface area contributed by atoms with Crippen LogP contribution in [-0.4, -0.2) is 35.7 Å². The number of nitrogens with one attached hydrogen (secondary N) is 1. The topological polar surface area (TPSA) is 53.9 Å². The van der Waals surface area contributed by atoms with Gasteiger partial charge in [-0.15, -0.1) is 0 Å². The molecule has 0 radical (unpaired) electrons. The highest BCUT2D eigenvalue weighted by molar-refractivity contribution is 8.18. The summed E-state index contributed by atoms with van der Waals surface area (Å²) in [5.74, 6) is 0.397. The van der Waals surface area contributed by atoms with Gasteiger partial charge in [0.25, 0.3) is 5.91 Å². The summed E-state index contributed by atoms with van der Waals surface area (Å²) in [5, 5.41) is 4.70. The Kier molecular flexibility index (Phi) is 11.2. The smallest absolute Gasteiger partial charge is 0.268 e. The molecule has 1 aromatic rings. The van der Waals surface area contributed by atoms with Gasteiger partial charge in [0, 0.05) is 28.8 Å². The second kappa shape index (κ2) is 14.1. The maximum absolute atomic E-state index is 13.1. The average Bonchev–Trinajstić information content (AvgIpc) is 3.15. The summed E-state index contributed by atoms with van der Waals surface area (Å²) in [6.45, 7) is 4.46. The summed E-state index contributed by atoms with van der Waals surface area (Å²) >= 11 is 13.5. The molecule has 0 spiro atoms. The monoisotopic (exact) mass is 511 g/mol. The molecule has 1 N–H and O–H groups in total. The van der Waals surface area contributed by atoms with Crippen molar-refractivity contribution in [3.05, 3.63) is 39.0 Å². The maximum Gasteiger partial charge on any atom is 0.268 e. The number of anilines is 1. The van der Waals surface area contributed by atoms with Crippen LogP contribution in [0.1, 0.15) is 77.6 Å². The number of aliphatic imine (C=N–C) groups is 1. The first-order valence-corrected chi connectivity index (χ1v) is 13.8. The van der Waals surface area contributed by atoms with E-state index in [9.17, 15) is 4.79 Å². The summed E-state index contributed by atoms with van der Waals surface area (Å²) < 4.78 is 6.15. The van der Waals surface area contributed by atoms with Gasteiger partial charge < -0.3 is 10.1 Å². The maximum atomic E-state index is 13.1. The van der Waals surface area contributed by atoms with Crippen molar-refractivity contribution in [3.63, 3.8) is 0 Å². The number of amidine groups is 1. The van der Waals surface area contributed by atoms with Crippen molar-refractivity contribution in [3.8, 4) is 0 Å². The van der Waals surface area contributed by atoms with Crippen molar-refractivity contribution in [1.29, 1.82) is 0 Å². The van der Waals surface area contributed by atoms with Gasteiger partial charge in [-0.25, -0.2) is 0 Å². The third kappa shape index (κ3) is 8.41. The van der Waals surface area contributed by atoms with E-state index in [4.69, 9.17) is 27.9 Å². The Morgan fingerprint density at radius 1 is 1.03 bits per heavy atom. The van der Waals surface area contributed by atoms with Crippen molar-refractivity contribution >= 4 is 51.7 Å². The van der Waals surface area contributed by atoms with Crippen LogP contribution in [0.4, 0.5) is 5.69 Å². The van der Waals surface area contributed by atoms with Crippen molar-refractivity contribution in [1.82, 2.24) is 4.90 Å². The lowest BCUT2D eigenvalue weighted by Gasteiger charge is -2.24. The lowest BCUT2D eigenvalue weighted by atomic mass is 10.1. The van der Waals surface area contributed by atoms with Gasteiger partial charge in [-0.2, -0.15) is 0 Å². The Balaban J connectivity index is 1.49. The first-order chi connectivity index (χ1) is 16.1. The number of hydrogen-bond donors (Lipinski definition) is 1. The summed E-state index contributed by atoms with van der Waals surface area (Å²) in [4.78, 5) is 20.2. The number of unbranched alkanes of at least 4 members (excludes halogenated alkanes) is 9. The molecule has 5 nitrogen and oxygen atoms in total. The van der Waals surface area contributed by atoms with Crippen LogP contribution in [0.15, 0.2) is 34.0 Å². The van der Waals surface area contributed by atoms with Crippen LogP contribution in [0, 0.1) is 0 Å². The SMILES string of the molecule is CCCCCCCCCCCCOC1=C(C(=O)Nc2cc(Cl)cc(Cl)c2)SC2=NCCCN21. The van der Waals surface area contributed by atoms with Crippen LogP contribution < -0.4 is 5.32 Å². The fourth-order valence-electron chi connectivity index (χ4n) is 3.98. The molecule has 182 valence electrons. The van der Waals surface area contributed by atoms with Crippen LogP contribution >= 0.6 is 35.0 Å². The van der Waals surface area contributed by atoms with E-state index in [-0.39, 0.29) is 5.91 Å². The minimum atomic E-state index is -0.228. The summed E-state index contributed by atoms with van der Waals surface area (Å²) in [6, 6.07) is 5.00. The zero-order valence-electron chi connectivity index (χ0n) is 19.5. The van der Waals surface area contributed by atoms with Crippen molar-refractivity contribution in [2.45, 2.75) is 77.6 Å². The Labute approximate surface area is 212 Å². The van der Waals surface area contributed by atoms with Gasteiger partial charge in [0.1, 0.15) is 4.91 Å². The third-order valence-electron chi connectivity index (χ3n) is 5.71. The highest BCUT2D eigenvalue weighted by Crippen LogP contribution is 2.37. The minimum Gasteiger partial charge on any atom is -0.478 e. The number of halogens is 2. The van der Waals surface area contributed by atoms with E-state index in [1.54, 1.807) is 18.2 Å². The van der Waals surface area contributed by atoms with Gasteiger partial charge >= 0.3 is 0 Å². The van der Waals surface area contributed by atoms with Gasteiger partial charge in [0.15, 0.2) is 5.17 Å². The summed E-state index contributed by atoms with van der Waals surface area (Å²) in [5.41, 5.74) is 0.562. The van der Waals surface area contributed by atoms with E-state index in [1.165, 1.54) is 63.1 Å². The third-order valence-corrected chi connectivity index (χ3v) is 7.25. The molecule has 0 saturated heterocycles. The molecule has 8 heteroatoms. The van der Waals surface area contributed by atoms with Crippen LogP contribution in [0.5, 0.6) is 0 Å². The van der Waals surface area contributed by atoms with E-state index >= 15 is 0 Å². The van der Waals surface area contributed by atoms with Gasteiger partial charge in [-0.05, 0) is 42.8 Å². The summed E-state index contributed by atoms with van der Waals surface area (Å²) in [7, 11) is 0. The van der Waals surface area contributed by atoms with E-state index in [0.29, 0.717) is 33.1 Å². The number of rotatable bonds is 14. The van der Waals surface area contributed by atoms with Crippen LogP contribution in [0.2, 0.25) is 10.0 Å². The van der Waals surface area contributed by atoms with Gasteiger partial charge in [0.2, 0.25) is 5.88 Å². The number of fused-ring (bicyclic) bond motifs is 1. The molecule has 3 rings (SSSR count). The lowest BCUT2D eigenvalue weighted by molar-refractivity contribution is -0.112. The molecular formula is C25H35Cl2N3O2S. The van der Waals surface area contributed by atoms with Crippen LogP contribution in [0.25, 0.3) is 0 Å². The zero-order valence-corrected chi connectivity index (χ0v) is 21.8. The molecular weight excluding hydrogens is 477 g/mol. The molecule has 0 aliphatic carbocycles. The highest BCUT2D eigenvalue weighted by atomic mass is 35.5.